The molecule has 1 unspecified atom stereocenters. The molecular weight excluding hydrogens is 689 g/mol. The second-order valence-electron chi connectivity index (χ2n) is 14.8. The maximum Gasteiger partial charge on any atom is 0.338 e. The minimum Gasteiger partial charge on any atom is -0.465 e. The van der Waals surface area contributed by atoms with Gasteiger partial charge in [-0.2, -0.15) is 0 Å². The lowest BCUT2D eigenvalue weighted by atomic mass is 9.74. The van der Waals surface area contributed by atoms with Gasteiger partial charge in [0.15, 0.2) is 0 Å². The van der Waals surface area contributed by atoms with Crippen LogP contribution in [0.5, 0.6) is 5.75 Å². The van der Waals surface area contributed by atoms with Crippen molar-refractivity contribution in [2.75, 3.05) is 39.3 Å². The van der Waals surface area contributed by atoms with Crippen LogP contribution in [-0.4, -0.2) is 51.8 Å². The number of nitrogens with zero attached hydrogens (tertiary/aromatic N) is 2. The van der Waals surface area contributed by atoms with E-state index in [1.165, 1.54) is 14.2 Å². The zero-order valence-electron chi connectivity index (χ0n) is 32.6. The molecule has 0 amide bonds. The summed E-state index contributed by atoms with van der Waals surface area (Å²) in [7, 11) is 4.90. The van der Waals surface area contributed by atoms with E-state index >= 15 is 0 Å². The van der Waals surface area contributed by atoms with Crippen molar-refractivity contribution >= 4 is 35.4 Å². The maximum absolute atomic E-state index is 13.4. The molecule has 1 atom stereocenters. The van der Waals surface area contributed by atoms with Crippen LogP contribution in [0.2, 0.25) is 0 Å². The molecule has 0 N–H and O–H groups in total. The Morgan fingerprint density at radius 2 is 1.49 bits per heavy atom. The Morgan fingerprint density at radius 1 is 0.836 bits per heavy atom. The number of hydrogen-bond acceptors (Lipinski definition) is 7. The quantitative estimate of drug-likeness (QED) is 0.127. The van der Waals surface area contributed by atoms with Gasteiger partial charge in [-0.1, -0.05) is 55.5 Å². The van der Waals surface area contributed by atoms with Gasteiger partial charge >= 0.3 is 11.9 Å². The summed E-state index contributed by atoms with van der Waals surface area (Å²) in [6.07, 6.45) is 6.33. The van der Waals surface area contributed by atoms with Crippen molar-refractivity contribution in [3.05, 3.63) is 141 Å². The molecule has 0 saturated carbocycles. The number of benzene rings is 4. The molecule has 2 aliphatic carbocycles. The zero-order valence-corrected chi connectivity index (χ0v) is 32.6. The number of allylic oxidation sites excluding steroid dienone is 1. The van der Waals surface area contributed by atoms with E-state index in [0.29, 0.717) is 34.2 Å². The zero-order chi connectivity index (χ0) is 38.8. The van der Waals surface area contributed by atoms with Crippen LogP contribution in [0.4, 0.5) is 5.69 Å². The van der Waals surface area contributed by atoms with E-state index < -0.39 is 11.9 Å². The van der Waals surface area contributed by atoms with Gasteiger partial charge in [0.05, 0.1) is 37.0 Å². The van der Waals surface area contributed by atoms with Crippen LogP contribution in [0, 0.1) is 0 Å². The molecule has 8 nitrogen and oxygen atoms in total. The minimum absolute atomic E-state index is 0.199. The molecule has 3 heterocycles. The number of carbonyl (C=O) groups is 2. The van der Waals surface area contributed by atoms with Crippen LogP contribution >= 0.6 is 0 Å². The molecule has 0 spiro atoms. The average Bonchev–Trinajstić information content (AvgIpc) is 3.20. The Bertz CT molecular complexity index is 2560. The molecule has 0 aromatic heterocycles. The number of anilines is 1. The highest BCUT2D eigenvalue weighted by Gasteiger charge is 2.40. The van der Waals surface area contributed by atoms with Gasteiger partial charge in [0.1, 0.15) is 36.1 Å². The van der Waals surface area contributed by atoms with Crippen molar-refractivity contribution in [2.24, 2.45) is 0 Å². The molecule has 278 valence electrons. The fourth-order valence-corrected chi connectivity index (χ4v) is 8.37. The summed E-state index contributed by atoms with van der Waals surface area (Å²) in [4.78, 5) is 29.1. The van der Waals surface area contributed by atoms with Gasteiger partial charge in [0.25, 0.3) is 0 Å². The molecule has 0 radical (unpaired) electrons. The van der Waals surface area contributed by atoms with Crippen molar-refractivity contribution in [3.63, 3.8) is 0 Å². The number of methoxy groups -OCH3 is 2. The van der Waals surface area contributed by atoms with E-state index in [9.17, 15) is 9.59 Å². The van der Waals surface area contributed by atoms with Crippen LogP contribution < -0.4 is 19.6 Å². The van der Waals surface area contributed by atoms with Crippen molar-refractivity contribution in [1.29, 1.82) is 0 Å². The lowest BCUT2D eigenvalue weighted by molar-refractivity contribution is 0.0592. The molecule has 0 saturated heterocycles. The summed E-state index contributed by atoms with van der Waals surface area (Å²) in [5.74, 6) is 1.45. The maximum atomic E-state index is 13.4. The topological polar surface area (TPSA) is 81.2 Å². The first kappa shape index (κ1) is 35.9. The van der Waals surface area contributed by atoms with Crippen LogP contribution in [0.1, 0.15) is 89.3 Å². The van der Waals surface area contributed by atoms with Gasteiger partial charge in [-0.15, -0.1) is 0 Å². The largest absolute Gasteiger partial charge is 0.465 e. The number of rotatable bonds is 6. The minimum atomic E-state index is -0.428. The molecule has 0 fully saturated rings. The SMILES string of the molecule is CC[N+](CC)=c1ccc2c(-c3ccccc3C(=O)OC)c3c(oc-2c1)C=C1Oc2cc4c(cc2C(c2ccccc2C(=O)OC)=C1C3C)C=CC(C)(C)N4C. The number of fused-ring (bicyclic) bond motifs is 5. The van der Waals surface area contributed by atoms with E-state index in [-0.39, 0.29) is 11.5 Å². The standard InChI is InChI=1S/C47H45N2O6/c1-9-49(10-2)29-19-20-34-37(24-29)54-39-26-40-42(27(3)41(39)43(34)30-15-11-13-17-32(30)45(50)52-7)44(31-16-12-14-18-33(31)46(51)53-8)35-23-28-21-22-47(4,5)48(6)36(28)25-38(35)55-40/h11-27H,9-10H2,1-8H3/q+1. The van der Waals surface area contributed by atoms with Gasteiger partial charge in [-0.25, -0.2) is 14.2 Å². The monoisotopic (exact) mass is 733 g/mol. The third-order valence-corrected chi connectivity index (χ3v) is 11.5. The van der Waals surface area contributed by atoms with E-state index in [2.05, 4.69) is 93.6 Å². The van der Waals surface area contributed by atoms with Crippen molar-refractivity contribution < 1.29 is 28.2 Å². The van der Waals surface area contributed by atoms with Crippen LogP contribution in [0.15, 0.2) is 101 Å². The van der Waals surface area contributed by atoms with Crippen LogP contribution in [-0.2, 0) is 9.47 Å². The number of carbonyl (C=O) groups excluding carboxylic acids is 2. The van der Waals surface area contributed by atoms with E-state index in [0.717, 1.165) is 74.2 Å². The molecule has 3 aromatic carbocycles. The highest BCUT2D eigenvalue weighted by atomic mass is 16.5. The summed E-state index contributed by atoms with van der Waals surface area (Å²) in [6.45, 7) is 12.5. The van der Waals surface area contributed by atoms with E-state index in [4.69, 9.17) is 18.6 Å². The van der Waals surface area contributed by atoms with Crippen molar-refractivity contribution in [3.8, 4) is 28.2 Å². The molecule has 3 aromatic rings. The van der Waals surface area contributed by atoms with Crippen LogP contribution in [0.3, 0.4) is 0 Å². The molecule has 3 aliphatic heterocycles. The van der Waals surface area contributed by atoms with Gasteiger partial charge in [-0.05, 0) is 68.7 Å². The fraction of sp³-hybridized carbons (Fsp3) is 0.255. The number of hydrogen-bond donors (Lipinski definition) is 0. The van der Waals surface area contributed by atoms with Crippen molar-refractivity contribution in [1.82, 2.24) is 4.58 Å². The lowest BCUT2D eigenvalue weighted by Crippen LogP contribution is -2.41. The van der Waals surface area contributed by atoms with E-state index in [1.54, 1.807) is 12.1 Å². The summed E-state index contributed by atoms with van der Waals surface area (Å²) in [6, 6.07) is 25.7. The first-order chi connectivity index (χ1) is 26.5. The lowest BCUT2D eigenvalue weighted by Gasteiger charge is -2.40. The number of likely N-dealkylation sites (N-methyl/N-ethyl adjacent to an activating group) is 1. The normalized spacial score (nSPS) is 16.3. The Balaban J connectivity index is 1.50. The Hall–Kier alpha value is -6.15. The summed E-state index contributed by atoms with van der Waals surface area (Å²) < 4.78 is 26.8. The molecule has 55 heavy (non-hydrogen) atoms. The van der Waals surface area contributed by atoms with Gasteiger partial charge in [-0.3, -0.25) is 0 Å². The molecule has 5 aliphatic rings. The van der Waals surface area contributed by atoms with Crippen LogP contribution in [0.25, 0.3) is 40.2 Å². The number of ether oxygens (including phenoxy) is 3. The highest BCUT2D eigenvalue weighted by Crippen LogP contribution is 2.55. The molecule has 8 heteroatoms. The third kappa shape index (κ3) is 5.70. The molecule has 8 rings (SSSR count). The predicted molar refractivity (Wildman–Crippen MR) is 217 cm³/mol. The first-order valence-electron chi connectivity index (χ1n) is 18.8. The predicted octanol–water partition coefficient (Wildman–Crippen LogP) is 9.03. The smallest absolute Gasteiger partial charge is 0.338 e. The second-order valence-corrected chi connectivity index (χ2v) is 14.8. The van der Waals surface area contributed by atoms with Crippen molar-refractivity contribution in [2.45, 2.75) is 46.1 Å². The third-order valence-electron chi connectivity index (χ3n) is 11.5. The fourth-order valence-electron chi connectivity index (χ4n) is 8.37. The molecule has 0 bridgehead atoms. The summed E-state index contributed by atoms with van der Waals surface area (Å²) in [5, 5.41) is 1.04. The Morgan fingerprint density at radius 3 is 2.16 bits per heavy atom. The van der Waals surface area contributed by atoms with Gasteiger partial charge in [0, 0.05) is 70.3 Å². The van der Waals surface area contributed by atoms with Gasteiger partial charge in [0.2, 0.25) is 5.36 Å². The number of esters is 2. The molecular formula is C47H45N2O6+. The van der Waals surface area contributed by atoms with Gasteiger partial charge < -0.3 is 23.5 Å². The second kappa shape index (κ2) is 13.6. The summed E-state index contributed by atoms with van der Waals surface area (Å²) in [5.41, 5.74) is 9.57. The Labute approximate surface area is 321 Å². The highest BCUT2D eigenvalue weighted by molar-refractivity contribution is 6.04. The van der Waals surface area contributed by atoms with E-state index in [1.807, 2.05) is 42.5 Å². The Kier molecular flexibility index (Phi) is 8.87. The average molecular weight is 734 g/mol. The summed E-state index contributed by atoms with van der Waals surface area (Å²) >= 11 is 0. The first-order valence-corrected chi connectivity index (χ1v) is 18.8.